The third-order valence-corrected chi connectivity index (χ3v) is 2.79. The second kappa shape index (κ2) is 7.57. The Bertz CT molecular complexity index is 340. The number of nitrogens with one attached hydrogen (secondary N) is 2. The summed E-state index contributed by atoms with van der Waals surface area (Å²) in [6, 6.07) is -2.11. The predicted octanol–water partition coefficient (Wildman–Crippen LogP) is -0.360. The molecule has 0 aromatic carbocycles. The van der Waals surface area contributed by atoms with Gasteiger partial charge in [0.2, 0.25) is 0 Å². The minimum atomic E-state index is -1.43. The normalized spacial score (nSPS) is 20.3. The van der Waals surface area contributed by atoms with Crippen molar-refractivity contribution in [2.75, 3.05) is 19.8 Å². The molecule has 1 rings (SSSR count). The molecule has 1 unspecified atom stereocenters. The van der Waals surface area contributed by atoms with E-state index in [1.54, 1.807) is 0 Å². The quantitative estimate of drug-likeness (QED) is 0.524. The van der Waals surface area contributed by atoms with E-state index in [0.717, 1.165) is 19.4 Å². The van der Waals surface area contributed by atoms with Gasteiger partial charge in [-0.2, -0.15) is 0 Å². The minimum absolute atomic E-state index is 0.210. The third-order valence-electron chi connectivity index (χ3n) is 2.79. The van der Waals surface area contributed by atoms with E-state index >= 15 is 0 Å². The molecule has 1 aliphatic rings. The van der Waals surface area contributed by atoms with E-state index in [4.69, 9.17) is 14.9 Å². The molecule has 0 aromatic rings. The molecule has 19 heavy (non-hydrogen) atoms. The topological polar surface area (TPSA) is 125 Å². The van der Waals surface area contributed by atoms with Crippen LogP contribution >= 0.6 is 0 Å². The zero-order valence-electron chi connectivity index (χ0n) is 10.4. The van der Waals surface area contributed by atoms with Gasteiger partial charge in [-0.15, -0.1) is 0 Å². The second-order valence-electron chi connectivity index (χ2n) is 4.43. The van der Waals surface area contributed by atoms with Gasteiger partial charge in [0, 0.05) is 13.2 Å². The Kier molecular flexibility index (Phi) is 6.07. The Hall–Kier alpha value is -1.83. The summed E-state index contributed by atoms with van der Waals surface area (Å²) in [5.74, 6) is -2.45. The smallest absolute Gasteiger partial charge is 0.326 e. The number of urea groups is 1. The van der Waals surface area contributed by atoms with Crippen molar-refractivity contribution in [1.29, 1.82) is 0 Å². The van der Waals surface area contributed by atoms with Crippen molar-refractivity contribution in [2.24, 2.45) is 5.92 Å². The number of carbonyl (C=O) groups excluding carboxylic acids is 1. The highest BCUT2D eigenvalue weighted by Gasteiger charge is 2.23. The number of hydrogen-bond acceptors (Lipinski definition) is 4. The van der Waals surface area contributed by atoms with Crippen LogP contribution < -0.4 is 10.6 Å². The summed E-state index contributed by atoms with van der Waals surface area (Å²) in [5, 5.41) is 21.9. The van der Waals surface area contributed by atoms with Crippen molar-refractivity contribution < 1.29 is 29.3 Å². The standard InChI is InChI=1S/C11H18N2O6/c14-9(15)4-8(10(16)17)13-11(18)12-5-7-2-1-3-19-6-7/h7-8H,1-6H2,(H,14,15)(H,16,17)(H2,12,13,18)/t7?,8-/m1/s1. The molecule has 0 spiro atoms. The lowest BCUT2D eigenvalue weighted by Crippen LogP contribution is -2.48. The monoisotopic (exact) mass is 274 g/mol. The largest absolute Gasteiger partial charge is 0.481 e. The van der Waals surface area contributed by atoms with E-state index in [2.05, 4.69) is 10.6 Å². The van der Waals surface area contributed by atoms with Gasteiger partial charge in [-0.3, -0.25) is 4.79 Å². The lowest BCUT2D eigenvalue weighted by atomic mass is 10.0. The Labute approximate surface area is 110 Å². The van der Waals surface area contributed by atoms with Crippen LogP contribution in [0.4, 0.5) is 4.79 Å². The zero-order chi connectivity index (χ0) is 14.3. The SMILES string of the molecule is O=C(O)C[C@@H](NC(=O)NCC1CCCOC1)C(=O)O. The van der Waals surface area contributed by atoms with Crippen LogP contribution in [0, 0.1) is 5.92 Å². The Morgan fingerprint density at radius 3 is 2.58 bits per heavy atom. The van der Waals surface area contributed by atoms with Gasteiger partial charge in [-0.1, -0.05) is 0 Å². The summed E-state index contributed by atoms with van der Waals surface area (Å²) >= 11 is 0. The molecular formula is C11H18N2O6. The van der Waals surface area contributed by atoms with Crippen molar-refractivity contribution in [2.45, 2.75) is 25.3 Å². The number of carboxylic acid groups (broad SMARTS) is 2. The first-order valence-corrected chi connectivity index (χ1v) is 6.05. The van der Waals surface area contributed by atoms with Crippen LogP contribution in [-0.4, -0.2) is 54.0 Å². The van der Waals surface area contributed by atoms with Gasteiger partial charge in [0.25, 0.3) is 0 Å². The molecule has 4 N–H and O–H groups in total. The zero-order valence-corrected chi connectivity index (χ0v) is 10.4. The van der Waals surface area contributed by atoms with Gasteiger partial charge in [0.05, 0.1) is 13.0 Å². The van der Waals surface area contributed by atoms with E-state index in [-0.39, 0.29) is 5.92 Å². The van der Waals surface area contributed by atoms with Crippen LogP contribution in [0.25, 0.3) is 0 Å². The maximum Gasteiger partial charge on any atom is 0.326 e. The molecule has 0 aliphatic carbocycles. The van der Waals surface area contributed by atoms with Crippen LogP contribution in [-0.2, 0) is 14.3 Å². The van der Waals surface area contributed by atoms with Crippen molar-refractivity contribution in [1.82, 2.24) is 10.6 Å². The molecule has 108 valence electrons. The number of aliphatic carboxylic acids is 2. The Morgan fingerprint density at radius 1 is 1.32 bits per heavy atom. The molecular weight excluding hydrogens is 256 g/mol. The van der Waals surface area contributed by atoms with Crippen molar-refractivity contribution in [3.8, 4) is 0 Å². The maximum atomic E-state index is 11.5. The van der Waals surface area contributed by atoms with E-state index in [0.29, 0.717) is 13.2 Å². The Morgan fingerprint density at radius 2 is 2.05 bits per heavy atom. The first-order valence-electron chi connectivity index (χ1n) is 6.05. The highest BCUT2D eigenvalue weighted by molar-refractivity contribution is 5.86. The number of hydrogen-bond donors (Lipinski definition) is 4. The van der Waals surface area contributed by atoms with Gasteiger partial charge in [-0.25, -0.2) is 9.59 Å². The van der Waals surface area contributed by atoms with Crippen LogP contribution in [0.5, 0.6) is 0 Å². The van der Waals surface area contributed by atoms with Crippen molar-refractivity contribution >= 4 is 18.0 Å². The summed E-state index contributed by atoms with van der Waals surface area (Å²) in [6.07, 6.45) is 1.22. The summed E-state index contributed by atoms with van der Waals surface area (Å²) in [6.45, 7) is 1.67. The van der Waals surface area contributed by atoms with Gasteiger partial charge in [-0.05, 0) is 18.8 Å². The molecule has 2 amide bonds. The third kappa shape index (κ3) is 6.05. The lowest BCUT2D eigenvalue weighted by Gasteiger charge is -2.22. The van der Waals surface area contributed by atoms with Crippen molar-refractivity contribution in [3.05, 3.63) is 0 Å². The van der Waals surface area contributed by atoms with E-state index < -0.39 is 30.4 Å². The predicted molar refractivity (Wildman–Crippen MR) is 63.8 cm³/mol. The molecule has 8 heteroatoms. The number of carbonyl (C=O) groups is 3. The van der Waals surface area contributed by atoms with E-state index in [9.17, 15) is 14.4 Å². The van der Waals surface area contributed by atoms with E-state index in [1.807, 2.05) is 0 Å². The van der Waals surface area contributed by atoms with Gasteiger partial charge >= 0.3 is 18.0 Å². The molecule has 0 aromatic heterocycles. The van der Waals surface area contributed by atoms with Gasteiger partial charge in [0.15, 0.2) is 0 Å². The molecule has 0 saturated carbocycles. The molecule has 1 fully saturated rings. The van der Waals surface area contributed by atoms with E-state index in [1.165, 1.54) is 0 Å². The van der Waals surface area contributed by atoms with Gasteiger partial charge in [0.1, 0.15) is 6.04 Å². The fourth-order valence-corrected chi connectivity index (χ4v) is 1.79. The molecule has 1 saturated heterocycles. The number of rotatable bonds is 6. The average molecular weight is 274 g/mol. The fraction of sp³-hybridized carbons (Fsp3) is 0.727. The number of amides is 2. The highest BCUT2D eigenvalue weighted by atomic mass is 16.5. The summed E-state index contributed by atoms with van der Waals surface area (Å²) in [7, 11) is 0. The van der Waals surface area contributed by atoms with Crippen LogP contribution in [0.3, 0.4) is 0 Å². The molecule has 1 heterocycles. The van der Waals surface area contributed by atoms with Crippen LogP contribution in [0.1, 0.15) is 19.3 Å². The Balaban J connectivity index is 2.31. The first-order chi connectivity index (χ1) is 8.99. The summed E-state index contributed by atoms with van der Waals surface area (Å²) in [4.78, 5) is 32.7. The average Bonchev–Trinajstić information content (AvgIpc) is 2.36. The molecule has 2 atom stereocenters. The van der Waals surface area contributed by atoms with Crippen LogP contribution in [0.15, 0.2) is 0 Å². The van der Waals surface area contributed by atoms with Crippen molar-refractivity contribution in [3.63, 3.8) is 0 Å². The number of ether oxygens (including phenoxy) is 1. The summed E-state index contributed by atoms with van der Waals surface area (Å²) < 4.78 is 5.24. The first kappa shape index (κ1) is 15.2. The molecule has 8 nitrogen and oxygen atoms in total. The molecule has 0 radical (unpaired) electrons. The molecule has 1 aliphatic heterocycles. The lowest BCUT2D eigenvalue weighted by molar-refractivity contribution is -0.145. The summed E-state index contributed by atoms with van der Waals surface area (Å²) in [5.41, 5.74) is 0. The second-order valence-corrected chi connectivity index (χ2v) is 4.43. The maximum absolute atomic E-state index is 11.5. The van der Waals surface area contributed by atoms with Gasteiger partial charge < -0.3 is 25.6 Å². The fourth-order valence-electron chi connectivity index (χ4n) is 1.79. The number of carboxylic acids is 2. The molecule has 0 bridgehead atoms. The van der Waals surface area contributed by atoms with Crippen LogP contribution in [0.2, 0.25) is 0 Å². The highest BCUT2D eigenvalue weighted by Crippen LogP contribution is 2.11. The minimum Gasteiger partial charge on any atom is -0.481 e.